The van der Waals surface area contributed by atoms with Gasteiger partial charge in [-0.3, -0.25) is 4.99 Å². The zero-order valence-electron chi connectivity index (χ0n) is 5.16. The molecule has 0 saturated heterocycles. The van der Waals surface area contributed by atoms with Crippen LogP contribution in [-0.2, 0) is 0 Å². The molecule has 1 aliphatic rings. The molecule has 1 atom stereocenters. The second kappa shape index (κ2) is 2.27. The Balaban J connectivity index is 2.73. The van der Waals surface area contributed by atoms with Gasteiger partial charge in [0.25, 0.3) is 0 Å². The molecule has 0 amide bonds. The summed E-state index contributed by atoms with van der Waals surface area (Å²) >= 11 is 4.75. The van der Waals surface area contributed by atoms with Crippen LogP contribution in [0.25, 0.3) is 0 Å². The number of nitrogens with zero attached hydrogens (tertiary/aromatic N) is 1. The standard InChI is InChI=1S/C6H8N2S/c1-6(5-9)7-3-2-4-8-6/h2-5,7H,1H3. The quantitative estimate of drug-likeness (QED) is 0.547. The minimum atomic E-state index is -0.357. The normalized spacial score (nSPS) is 31.7. The predicted molar refractivity (Wildman–Crippen MR) is 42.8 cm³/mol. The van der Waals surface area contributed by atoms with E-state index in [-0.39, 0.29) is 5.66 Å². The second-order valence-electron chi connectivity index (χ2n) is 2.05. The molecule has 2 nitrogen and oxygen atoms in total. The third-order valence-electron chi connectivity index (χ3n) is 1.13. The molecular formula is C6H8N2S. The first kappa shape index (κ1) is 6.42. The number of hydrogen-bond acceptors (Lipinski definition) is 3. The van der Waals surface area contributed by atoms with Gasteiger partial charge in [-0.1, -0.05) is 12.2 Å². The van der Waals surface area contributed by atoms with Gasteiger partial charge in [0.05, 0.1) is 0 Å². The molecule has 0 bridgehead atoms. The summed E-state index contributed by atoms with van der Waals surface area (Å²) in [6.45, 7) is 1.92. The topological polar surface area (TPSA) is 24.4 Å². The molecule has 0 saturated carbocycles. The van der Waals surface area contributed by atoms with Gasteiger partial charge in [0.15, 0.2) is 5.66 Å². The molecule has 0 spiro atoms. The smallest absolute Gasteiger partial charge is 0.155 e. The lowest BCUT2D eigenvalue weighted by atomic mass is 10.2. The number of nitrogens with one attached hydrogen (secondary N) is 1. The molecule has 0 fully saturated rings. The number of rotatable bonds is 1. The fraction of sp³-hybridized carbons (Fsp3) is 0.333. The first-order valence-electron chi connectivity index (χ1n) is 2.71. The van der Waals surface area contributed by atoms with Crippen LogP contribution in [0.2, 0.25) is 0 Å². The molecule has 1 aliphatic heterocycles. The molecule has 48 valence electrons. The maximum absolute atomic E-state index is 4.75. The zero-order valence-corrected chi connectivity index (χ0v) is 5.98. The fourth-order valence-corrected chi connectivity index (χ4v) is 0.688. The Bertz CT molecular complexity index is 174. The number of thiocarbonyl (C=S) groups is 1. The lowest BCUT2D eigenvalue weighted by Gasteiger charge is -2.21. The second-order valence-corrected chi connectivity index (χ2v) is 2.28. The molecule has 9 heavy (non-hydrogen) atoms. The molecule has 1 rings (SSSR count). The summed E-state index contributed by atoms with van der Waals surface area (Å²) in [6.07, 6.45) is 5.40. The summed E-state index contributed by atoms with van der Waals surface area (Å²) in [4.78, 5) is 4.10. The van der Waals surface area contributed by atoms with Gasteiger partial charge in [-0.2, -0.15) is 0 Å². The molecule has 0 aromatic rings. The van der Waals surface area contributed by atoms with E-state index in [4.69, 9.17) is 12.2 Å². The molecule has 0 radical (unpaired) electrons. The molecule has 3 heteroatoms. The third-order valence-corrected chi connectivity index (χ3v) is 1.59. The van der Waals surface area contributed by atoms with Crippen LogP contribution in [0.1, 0.15) is 6.92 Å². The Morgan fingerprint density at radius 2 is 2.56 bits per heavy atom. The van der Waals surface area contributed by atoms with Gasteiger partial charge < -0.3 is 5.32 Å². The van der Waals surface area contributed by atoms with Crippen LogP contribution in [-0.4, -0.2) is 17.2 Å². The van der Waals surface area contributed by atoms with Crippen molar-refractivity contribution in [3.8, 4) is 0 Å². The Morgan fingerprint density at radius 3 is 2.89 bits per heavy atom. The summed E-state index contributed by atoms with van der Waals surface area (Å²) < 4.78 is 0. The highest BCUT2D eigenvalue weighted by Crippen LogP contribution is 2.03. The lowest BCUT2D eigenvalue weighted by Crippen LogP contribution is -2.39. The van der Waals surface area contributed by atoms with E-state index in [0.29, 0.717) is 0 Å². The maximum Gasteiger partial charge on any atom is 0.155 e. The first-order chi connectivity index (χ1) is 4.27. The van der Waals surface area contributed by atoms with E-state index in [1.807, 2.05) is 19.2 Å². The van der Waals surface area contributed by atoms with Crippen molar-refractivity contribution >= 4 is 23.8 Å². The zero-order chi connectivity index (χ0) is 6.74. The van der Waals surface area contributed by atoms with Crippen LogP contribution in [0.15, 0.2) is 17.3 Å². The molecule has 1 N–H and O–H groups in total. The SMILES string of the molecule is CC1(C=S)N=CC=CN1. The summed E-state index contributed by atoms with van der Waals surface area (Å²) in [6, 6.07) is 0. The van der Waals surface area contributed by atoms with E-state index in [1.54, 1.807) is 11.6 Å². The van der Waals surface area contributed by atoms with Crippen LogP contribution in [0.3, 0.4) is 0 Å². The molecule has 1 heterocycles. The summed E-state index contributed by atoms with van der Waals surface area (Å²) in [7, 11) is 0. The van der Waals surface area contributed by atoms with E-state index in [2.05, 4.69) is 10.3 Å². The van der Waals surface area contributed by atoms with Gasteiger partial charge in [0.2, 0.25) is 0 Å². The largest absolute Gasteiger partial charge is 0.364 e. The van der Waals surface area contributed by atoms with Crippen molar-refractivity contribution in [3.63, 3.8) is 0 Å². The monoisotopic (exact) mass is 140 g/mol. The van der Waals surface area contributed by atoms with Crippen LogP contribution in [0.5, 0.6) is 0 Å². The molecule has 0 aromatic carbocycles. The van der Waals surface area contributed by atoms with Crippen LogP contribution in [0.4, 0.5) is 0 Å². The molecule has 0 aliphatic carbocycles. The Morgan fingerprint density at radius 1 is 1.78 bits per heavy atom. The van der Waals surface area contributed by atoms with E-state index in [1.165, 1.54) is 0 Å². The number of hydrogen-bond donors (Lipinski definition) is 1. The Hall–Kier alpha value is -0.700. The number of allylic oxidation sites excluding steroid dienone is 1. The van der Waals surface area contributed by atoms with Crippen molar-refractivity contribution in [3.05, 3.63) is 12.3 Å². The van der Waals surface area contributed by atoms with Gasteiger partial charge >= 0.3 is 0 Å². The van der Waals surface area contributed by atoms with Gasteiger partial charge in [0, 0.05) is 17.8 Å². The van der Waals surface area contributed by atoms with Crippen molar-refractivity contribution in [1.29, 1.82) is 0 Å². The van der Waals surface area contributed by atoms with Crippen molar-refractivity contribution in [2.45, 2.75) is 12.6 Å². The Labute approximate surface area is 59.7 Å². The Kier molecular flexibility index (Phi) is 1.62. The van der Waals surface area contributed by atoms with Crippen molar-refractivity contribution in [2.24, 2.45) is 4.99 Å². The molecular weight excluding hydrogens is 132 g/mol. The van der Waals surface area contributed by atoms with Crippen LogP contribution in [0, 0.1) is 0 Å². The van der Waals surface area contributed by atoms with Crippen molar-refractivity contribution in [1.82, 2.24) is 5.32 Å². The number of aliphatic imine (C=N–C) groups is 1. The highest BCUT2D eigenvalue weighted by atomic mass is 32.1. The third kappa shape index (κ3) is 1.36. The minimum Gasteiger partial charge on any atom is -0.364 e. The van der Waals surface area contributed by atoms with Crippen LogP contribution >= 0.6 is 12.2 Å². The van der Waals surface area contributed by atoms with Crippen molar-refractivity contribution in [2.75, 3.05) is 0 Å². The van der Waals surface area contributed by atoms with Gasteiger partial charge in [-0.15, -0.1) is 0 Å². The minimum absolute atomic E-state index is 0.357. The van der Waals surface area contributed by atoms with E-state index in [9.17, 15) is 0 Å². The maximum atomic E-state index is 4.75. The lowest BCUT2D eigenvalue weighted by molar-refractivity contribution is 0.579. The van der Waals surface area contributed by atoms with Gasteiger partial charge in [-0.05, 0) is 13.0 Å². The molecule has 1 unspecified atom stereocenters. The van der Waals surface area contributed by atoms with E-state index in [0.717, 1.165) is 0 Å². The fourth-order valence-electron chi connectivity index (χ4n) is 0.559. The van der Waals surface area contributed by atoms with Crippen molar-refractivity contribution < 1.29 is 0 Å². The summed E-state index contributed by atoms with van der Waals surface area (Å²) in [5.41, 5.74) is -0.357. The average molecular weight is 140 g/mol. The average Bonchev–Trinajstić information content (AvgIpc) is 1.90. The first-order valence-corrected chi connectivity index (χ1v) is 3.18. The van der Waals surface area contributed by atoms with E-state index < -0.39 is 0 Å². The highest BCUT2D eigenvalue weighted by Gasteiger charge is 2.16. The van der Waals surface area contributed by atoms with Gasteiger partial charge in [0.1, 0.15) is 0 Å². The summed E-state index contributed by atoms with van der Waals surface area (Å²) in [5.74, 6) is 0. The summed E-state index contributed by atoms with van der Waals surface area (Å²) in [5, 5.41) is 4.61. The van der Waals surface area contributed by atoms with Gasteiger partial charge in [-0.25, -0.2) is 0 Å². The van der Waals surface area contributed by atoms with E-state index >= 15 is 0 Å². The van der Waals surface area contributed by atoms with Crippen LogP contribution < -0.4 is 5.32 Å². The predicted octanol–water partition coefficient (Wildman–Crippen LogP) is 0.890. The highest BCUT2D eigenvalue weighted by molar-refractivity contribution is 7.79. The molecule has 0 aromatic heterocycles.